The molecule has 0 aromatic rings. The molecule has 0 aliphatic heterocycles. The van der Waals surface area contributed by atoms with Crippen molar-refractivity contribution in [1.82, 2.24) is 0 Å². The van der Waals surface area contributed by atoms with Crippen LogP contribution in [0.4, 0.5) is 0 Å². The summed E-state index contributed by atoms with van der Waals surface area (Å²) in [6, 6.07) is 0. The lowest BCUT2D eigenvalue weighted by molar-refractivity contribution is -0.350. The fraction of sp³-hybridized carbons (Fsp3) is 1.00. The average molecular weight is 148 g/mol. The lowest BCUT2D eigenvalue weighted by atomic mass is 10.5. The maximum absolute atomic E-state index is 5.23. The van der Waals surface area contributed by atoms with E-state index in [9.17, 15) is 0 Å². The highest BCUT2D eigenvalue weighted by Gasteiger charge is 2.22. The first-order valence-electron chi connectivity index (χ1n) is 3.42. The van der Waals surface area contributed by atoms with Crippen LogP contribution in [0.15, 0.2) is 0 Å². The maximum Gasteiger partial charge on any atom is 0.279 e. The maximum atomic E-state index is 5.23. The number of methoxy groups -OCH3 is 2. The zero-order valence-corrected chi connectivity index (χ0v) is 7.14. The van der Waals surface area contributed by atoms with E-state index in [4.69, 9.17) is 14.2 Å². The summed E-state index contributed by atoms with van der Waals surface area (Å²) < 4.78 is 15.1. The molecule has 0 fully saturated rings. The van der Waals surface area contributed by atoms with E-state index in [1.165, 1.54) is 0 Å². The van der Waals surface area contributed by atoms with Gasteiger partial charge in [-0.05, 0) is 6.42 Å². The summed E-state index contributed by atoms with van der Waals surface area (Å²) in [5.41, 5.74) is 0. The molecule has 0 aliphatic rings. The van der Waals surface area contributed by atoms with Crippen molar-refractivity contribution in [3.05, 3.63) is 0 Å². The molecule has 3 nitrogen and oxygen atoms in total. The molecule has 0 aromatic carbocycles. The Balaban J connectivity index is 3.58. The summed E-state index contributed by atoms with van der Waals surface area (Å²) in [5.74, 6) is -0.865. The molecule has 0 spiro atoms. The predicted molar refractivity (Wildman–Crippen MR) is 38.7 cm³/mol. The van der Waals surface area contributed by atoms with Gasteiger partial charge in [0.05, 0.1) is 6.61 Å². The van der Waals surface area contributed by atoms with Crippen molar-refractivity contribution in [2.45, 2.75) is 26.2 Å². The number of rotatable bonds is 5. The molecule has 62 valence electrons. The number of hydrogen-bond acceptors (Lipinski definition) is 3. The van der Waals surface area contributed by atoms with E-state index in [1.807, 2.05) is 6.92 Å². The standard InChI is InChI=1S/C7H16O3/c1-5-6-10-7(2,8-3)9-4/h5-6H2,1-4H3. The van der Waals surface area contributed by atoms with Crippen LogP contribution in [-0.4, -0.2) is 26.8 Å². The van der Waals surface area contributed by atoms with Crippen molar-refractivity contribution in [2.75, 3.05) is 20.8 Å². The average Bonchev–Trinajstić information content (AvgIpc) is 2.00. The molecule has 0 aromatic heterocycles. The molecule has 0 amide bonds. The van der Waals surface area contributed by atoms with Gasteiger partial charge in [-0.15, -0.1) is 0 Å². The third-order valence-corrected chi connectivity index (χ3v) is 1.31. The van der Waals surface area contributed by atoms with Gasteiger partial charge in [-0.25, -0.2) is 0 Å². The van der Waals surface area contributed by atoms with Crippen molar-refractivity contribution in [3.63, 3.8) is 0 Å². The molecular weight excluding hydrogens is 132 g/mol. The fourth-order valence-corrected chi connectivity index (χ4v) is 0.489. The lowest BCUT2D eigenvalue weighted by Crippen LogP contribution is -2.33. The highest BCUT2D eigenvalue weighted by molar-refractivity contribution is 4.43. The lowest BCUT2D eigenvalue weighted by Gasteiger charge is -2.25. The molecule has 0 aliphatic carbocycles. The summed E-state index contributed by atoms with van der Waals surface area (Å²) in [5, 5.41) is 0. The molecule has 0 saturated heterocycles. The summed E-state index contributed by atoms with van der Waals surface area (Å²) >= 11 is 0. The third-order valence-electron chi connectivity index (χ3n) is 1.31. The largest absolute Gasteiger partial charge is 0.331 e. The predicted octanol–water partition coefficient (Wildman–Crippen LogP) is 1.38. The molecule has 0 heterocycles. The molecular formula is C7H16O3. The van der Waals surface area contributed by atoms with Crippen LogP contribution >= 0.6 is 0 Å². The number of ether oxygens (including phenoxy) is 3. The van der Waals surface area contributed by atoms with Crippen LogP contribution < -0.4 is 0 Å². The molecule has 3 heteroatoms. The Morgan fingerprint density at radius 2 is 1.70 bits per heavy atom. The summed E-state index contributed by atoms with van der Waals surface area (Å²) in [6.45, 7) is 4.42. The molecule has 0 N–H and O–H groups in total. The zero-order chi connectivity index (χ0) is 8.04. The van der Waals surface area contributed by atoms with Crippen LogP contribution in [0.2, 0.25) is 0 Å². The second-order valence-corrected chi connectivity index (χ2v) is 2.12. The van der Waals surface area contributed by atoms with E-state index < -0.39 is 5.97 Å². The van der Waals surface area contributed by atoms with Gasteiger partial charge in [0, 0.05) is 21.1 Å². The Morgan fingerprint density at radius 3 is 2.00 bits per heavy atom. The Morgan fingerprint density at radius 1 is 1.20 bits per heavy atom. The van der Waals surface area contributed by atoms with Crippen LogP contribution in [0.5, 0.6) is 0 Å². The Kier molecular flexibility index (Phi) is 4.60. The molecule has 0 saturated carbocycles. The SMILES string of the molecule is CCCOC(C)(OC)OC. The third kappa shape index (κ3) is 3.15. The van der Waals surface area contributed by atoms with E-state index in [0.29, 0.717) is 6.61 Å². The van der Waals surface area contributed by atoms with Gasteiger partial charge in [0.2, 0.25) is 0 Å². The van der Waals surface area contributed by atoms with E-state index in [1.54, 1.807) is 21.1 Å². The Hall–Kier alpha value is -0.120. The van der Waals surface area contributed by atoms with Gasteiger partial charge in [0.25, 0.3) is 5.97 Å². The first-order valence-corrected chi connectivity index (χ1v) is 3.42. The summed E-state index contributed by atoms with van der Waals surface area (Å²) in [7, 11) is 3.11. The van der Waals surface area contributed by atoms with Gasteiger partial charge >= 0.3 is 0 Å². The minimum absolute atomic E-state index is 0.651. The topological polar surface area (TPSA) is 27.7 Å². The van der Waals surface area contributed by atoms with Gasteiger partial charge < -0.3 is 14.2 Å². The first-order chi connectivity index (χ1) is 4.68. The highest BCUT2D eigenvalue weighted by atomic mass is 16.9. The first kappa shape index (κ1) is 9.88. The normalized spacial score (nSPS) is 12.0. The summed E-state index contributed by atoms with van der Waals surface area (Å²) in [6.07, 6.45) is 0.961. The Bertz CT molecular complexity index is 78.9. The zero-order valence-electron chi connectivity index (χ0n) is 7.14. The van der Waals surface area contributed by atoms with Crippen LogP contribution in [-0.2, 0) is 14.2 Å². The molecule has 0 atom stereocenters. The Labute approximate surface area is 62.3 Å². The van der Waals surface area contributed by atoms with Gasteiger partial charge in [-0.2, -0.15) is 0 Å². The molecule has 10 heavy (non-hydrogen) atoms. The van der Waals surface area contributed by atoms with Gasteiger partial charge in [-0.3, -0.25) is 0 Å². The van der Waals surface area contributed by atoms with Crippen LogP contribution in [0.25, 0.3) is 0 Å². The smallest absolute Gasteiger partial charge is 0.279 e. The van der Waals surface area contributed by atoms with Crippen molar-refractivity contribution >= 4 is 0 Å². The minimum atomic E-state index is -0.865. The van der Waals surface area contributed by atoms with E-state index >= 15 is 0 Å². The van der Waals surface area contributed by atoms with Gasteiger partial charge in [0.15, 0.2) is 0 Å². The molecule has 0 unspecified atom stereocenters. The van der Waals surface area contributed by atoms with Crippen LogP contribution in [0.3, 0.4) is 0 Å². The highest BCUT2D eigenvalue weighted by Crippen LogP contribution is 2.11. The number of hydrogen-bond donors (Lipinski definition) is 0. The quantitative estimate of drug-likeness (QED) is 0.551. The minimum Gasteiger partial charge on any atom is -0.331 e. The van der Waals surface area contributed by atoms with Crippen molar-refractivity contribution in [1.29, 1.82) is 0 Å². The van der Waals surface area contributed by atoms with E-state index in [0.717, 1.165) is 6.42 Å². The van der Waals surface area contributed by atoms with Gasteiger partial charge in [-0.1, -0.05) is 6.92 Å². The van der Waals surface area contributed by atoms with Crippen molar-refractivity contribution in [3.8, 4) is 0 Å². The van der Waals surface area contributed by atoms with Crippen LogP contribution in [0.1, 0.15) is 20.3 Å². The van der Waals surface area contributed by atoms with Crippen molar-refractivity contribution < 1.29 is 14.2 Å². The molecule has 0 rings (SSSR count). The molecule has 0 radical (unpaired) electrons. The summed E-state index contributed by atoms with van der Waals surface area (Å²) in [4.78, 5) is 0. The fourth-order valence-electron chi connectivity index (χ4n) is 0.489. The second-order valence-electron chi connectivity index (χ2n) is 2.12. The van der Waals surface area contributed by atoms with Crippen molar-refractivity contribution in [2.24, 2.45) is 0 Å². The monoisotopic (exact) mass is 148 g/mol. The van der Waals surface area contributed by atoms with Crippen LogP contribution in [0, 0.1) is 0 Å². The van der Waals surface area contributed by atoms with E-state index in [2.05, 4.69) is 0 Å². The van der Waals surface area contributed by atoms with E-state index in [-0.39, 0.29) is 0 Å². The molecule has 0 bridgehead atoms. The van der Waals surface area contributed by atoms with Gasteiger partial charge in [0.1, 0.15) is 0 Å². The second kappa shape index (κ2) is 4.66.